The van der Waals surface area contributed by atoms with Gasteiger partial charge in [0.25, 0.3) is 0 Å². The third kappa shape index (κ3) is 1.19. The summed E-state index contributed by atoms with van der Waals surface area (Å²) in [6, 6.07) is 3.64. The van der Waals surface area contributed by atoms with E-state index in [9.17, 15) is 0 Å². The van der Waals surface area contributed by atoms with Crippen molar-refractivity contribution in [2.24, 2.45) is 0 Å². The highest BCUT2D eigenvalue weighted by Gasteiger charge is 2.03. The molecule has 0 aliphatic rings. The Hall–Kier alpha value is -0.670. The van der Waals surface area contributed by atoms with E-state index in [-0.39, 0.29) is 0 Å². The summed E-state index contributed by atoms with van der Waals surface area (Å²) in [5.41, 5.74) is 1.64. The quantitative estimate of drug-likeness (QED) is 0.711. The molecule has 60 valence electrons. The minimum Gasteiger partial charge on any atom is -0.253 e. The molecule has 1 aromatic heterocycles. The standard InChI is InChI=1S/C8H4BrClN2/c9-7-5(10)1-2-6-8(7)12-4-3-11-6/h1-4H. The minimum atomic E-state index is 0.656. The Kier molecular flexibility index (Phi) is 1.98. The lowest BCUT2D eigenvalue weighted by Crippen LogP contribution is -1.83. The van der Waals surface area contributed by atoms with Crippen LogP contribution >= 0.6 is 27.5 Å². The van der Waals surface area contributed by atoms with Crippen LogP contribution in [-0.4, -0.2) is 9.97 Å². The van der Waals surface area contributed by atoms with Crippen LogP contribution in [0.25, 0.3) is 11.0 Å². The largest absolute Gasteiger partial charge is 0.253 e. The van der Waals surface area contributed by atoms with Crippen molar-refractivity contribution in [1.29, 1.82) is 0 Å². The summed E-state index contributed by atoms with van der Waals surface area (Å²) in [5.74, 6) is 0. The molecule has 0 fully saturated rings. The van der Waals surface area contributed by atoms with E-state index in [1.54, 1.807) is 18.5 Å². The van der Waals surface area contributed by atoms with Gasteiger partial charge in [-0.3, -0.25) is 9.97 Å². The first kappa shape index (κ1) is 7.95. The lowest BCUT2D eigenvalue weighted by atomic mass is 10.3. The topological polar surface area (TPSA) is 25.8 Å². The van der Waals surface area contributed by atoms with E-state index in [0.717, 1.165) is 15.5 Å². The van der Waals surface area contributed by atoms with Crippen molar-refractivity contribution >= 4 is 38.6 Å². The van der Waals surface area contributed by atoms with Crippen molar-refractivity contribution in [3.63, 3.8) is 0 Å². The molecule has 0 atom stereocenters. The van der Waals surface area contributed by atoms with Crippen molar-refractivity contribution in [3.8, 4) is 0 Å². The molecule has 0 amide bonds. The average molecular weight is 243 g/mol. The van der Waals surface area contributed by atoms with E-state index in [1.807, 2.05) is 6.07 Å². The second-order valence-corrected chi connectivity index (χ2v) is 3.49. The second kappa shape index (κ2) is 2.99. The summed E-state index contributed by atoms with van der Waals surface area (Å²) in [5, 5.41) is 0.656. The van der Waals surface area contributed by atoms with E-state index in [1.165, 1.54) is 0 Å². The number of nitrogens with zero attached hydrogens (tertiary/aromatic N) is 2. The Morgan fingerprint density at radius 1 is 1.17 bits per heavy atom. The van der Waals surface area contributed by atoms with Crippen molar-refractivity contribution < 1.29 is 0 Å². The van der Waals surface area contributed by atoms with Crippen LogP contribution in [0.4, 0.5) is 0 Å². The van der Waals surface area contributed by atoms with E-state index in [2.05, 4.69) is 25.9 Å². The molecule has 0 bridgehead atoms. The molecule has 0 saturated heterocycles. The van der Waals surface area contributed by atoms with Gasteiger partial charge in [-0.05, 0) is 28.1 Å². The number of benzene rings is 1. The van der Waals surface area contributed by atoms with E-state index < -0.39 is 0 Å². The van der Waals surface area contributed by atoms with Crippen LogP contribution in [0.5, 0.6) is 0 Å². The van der Waals surface area contributed by atoms with Gasteiger partial charge >= 0.3 is 0 Å². The van der Waals surface area contributed by atoms with Crippen LogP contribution in [0.15, 0.2) is 29.0 Å². The summed E-state index contributed by atoms with van der Waals surface area (Å²) in [7, 11) is 0. The van der Waals surface area contributed by atoms with Gasteiger partial charge in [-0.2, -0.15) is 0 Å². The van der Waals surface area contributed by atoms with Crippen LogP contribution in [0.1, 0.15) is 0 Å². The van der Waals surface area contributed by atoms with Crippen LogP contribution in [0.2, 0.25) is 5.02 Å². The van der Waals surface area contributed by atoms with Crippen molar-refractivity contribution in [2.45, 2.75) is 0 Å². The van der Waals surface area contributed by atoms with Gasteiger partial charge in [0.2, 0.25) is 0 Å². The third-order valence-corrected chi connectivity index (χ3v) is 2.88. The normalized spacial score (nSPS) is 10.5. The predicted octanol–water partition coefficient (Wildman–Crippen LogP) is 3.05. The summed E-state index contributed by atoms with van der Waals surface area (Å²) >= 11 is 9.22. The number of hydrogen-bond acceptors (Lipinski definition) is 2. The fourth-order valence-corrected chi connectivity index (χ4v) is 1.57. The summed E-state index contributed by atoms with van der Waals surface area (Å²) in [4.78, 5) is 8.28. The summed E-state index contributed by atoms with van der Waals surface area (Å²) in [6.45, 7) is 0. The fraction of sp³-hybridized carbons (Fsp3) is 0. The number of hydrogen-bond donors (Lipinski definition) is 0. The van der Waals surface area contributed by atoms with Crippen molar-refractivity contribution in [2.75, 3.05) is 0 Å². The van der Waals surface area contributed by atoms with E-state index in [4.69, 9.17) is 11.6 Å². The summed E-state index contributed by atoms with van der Waals surface area (Å²) in [6.07, 6.45) is 3.30. The number of fused-ring (bicyclic) bond motifs is 1. The lowest BCUT2D eigenvalue weighted by Gasteiger charge is -1.99. The fourth-order valence-electron chi connectivity index (χ4n) is 0.978. The third-order valence-electron chi connectivity index (χ3n) is 1.53. The Morgan fingerprint density at radius 2 is 1.92 bits per heavy atom. The van der Waals surface area contributed by atoms with Gasteiger partial charge in [-0.15, -0.1) is 0 Å². The zero-order valence-corrected chi connectivity index (χ0v) is 8.30. The zero-order chi connectivity index (χ0) is 8.55. The molecule has 2 aromatic rings. The van der Waals surface area contributed by atoms with Gasteiger partial charge in [-0.25, -0.2) is 0 Å². The first-order valence-electron chi connectivity index (χ1n) is 3.34. The van der Waals surface area contributed by atoms with Gasteiger partial charge in [0.15, 0.2) is 0 Å². The van der Waals surface area contributed by atoms with Crippen LogP contribution in [0.3, 0.4) is 0 Å². The predicted molar refractivity (Wildman–Crippen MR) is 52.2 cm³/mol. The Balaban J connectivity index is 2.91. The lowest BCUT2D eigenvalue weighted by molar-refractivity contribution is 1.29. The van der Waals surface area contributed by atoms with Gasteiger partial charge in [0.05, 0.1) is 15.0 Å². The molecule has 0 saturated carbocycles. The minimum absolute atomic E-state index is 0.656. The highest BCUT2D eigenvalue weighted by atomic mass is 79.9. The molecule has 12 heavy (non-hydrogen) atoms. The Morgan fingerprint density at radius 3 is 2.75 bits per heavy atom. The molecule has 1 heterocycles. The Labute approximate surface area is 82.7 Å². The molecule has 2 nitrogen and oxygen atoms in total. The van der Waals surface area contributed by atoms with Gasteiger partial charge in [-0.1, -0.05) is 11.6 Å². The molecule has 0 aliphatic heterocycles. The van der Waals surface area contributed by atoms with Crippen LogP contribution in [-0.2, 0) is 0 Å². The number of halogens is 2. The van der Waals surface area contributed by atoms with Crippen LogP contribution in [0, 0.1) is 0 Å². The van der Waals surface area contributed by atoms with Gasteiger partial charge in [0, 0.05) is 12.4 Å². The van der Waals surface area contributed by atoms with Crippen molar-refractivity contribution in [3.05, 3.63) is 34.0 Å². The molecule has 4 heteroatoms. The molecule has 1 aromatic carbocycles. The molecular formula is C8H4BrClN2. The van der Waals surface area contributed by atoms with Crippen molar-refractivity contribution in [1.82, 2.24) is 9.97 Å². The van der Waals surface area contributed by atoms with E-state index in [0.29, 0.717) is 5.02 Å². The summed E-state index contributed by atoms with van der Waals surface area (Å²) < 4.78 is 0.801. The first-order chi connectivity index (χ1) is 5.79. The molecule has 0 spiro atoms. The van der Waals surface area contributed by atoms with E-state index >= 15 is 0 Å². The maximum atomic E-state index is 5.87. The molecule has 2 rings (SSSR count). The highest BCUT2D eigenvalue weighted by Crippen LogP contribution is 2.28. The number of aromatic nitrogens is 2. The maximum absolute atomic E-state index is 5.87. The SMILES string of the molecule is Clc1ccc2nccnc2c1Br. The number of rotatable bonds is 0. The van der Waals surface area contributed by atoms with Crippen LogP contribution < -0.4 is 0 Å². The van der Waals surface area contributed by atoms with Gasteiger partial charge < -0.3 is 0 Å². The Bertz CT molecular complexity index is 430. The molecule has 0 unspecified atom stereocenters. The smallest absolute Gasteiger partial charge is 0.104 e. The molecule has 0 radical (unpaired) electrons. The maximum Gasteiger partial charge on any atom is 0.104 e. The first-order valence-corrected chi connectivity index (χ1v) is 4.51. The van der Waals surface area contributed by atoms with Gasteiger partial charge in [0.1, 0.15) is 5.52 Å². The monoisotopic (exact) mass is 242 g/mol. The second-order valence-electron chi connectivity index (χ2n) is 2.29. The molecule has 0 aliphatic carbocycles. The average Bonchev–Trinajstić information content (AvgIpc) is 2.12. The molecular weight excluding hydrogens is 239 g/mol. The molecule has 0 N–H and O–H groups in total. The highest BCUT2D eigenvalue weighted by molar-refractivity contribution is 9.10. The zero-order valence-electron chi connectivity index (χ0n) is 5.96.